The molecule has 0 radical (unpaired) electrons. The van der Waals surface area contributed by atoms with E-state index in [1.807, 2.05) is 6.07 Å². The van der Waals surface area contributed by atoms with Gasteiger partial charge in [0.2, 0.25) is 0 Å². The van der Waals surface area contributed by atoms with Crippen molar-refractivity contribution in [3.05, 3.63) is 65.5 Å². The fourth-order valence-electron chi connectivity index (χ4n) is 2.11. The van der Waals surface area contributed by atoms with Gasteiger partial charge in [0.15, 0.2) is 6.61 Å². The molecule has 7 nitrogen and oxygen atoms in total. The van der Waals surface area contributed by atoms with Crippen LogP contribution < -0.4 is 9.47 Å². The highest BCUT2D eigenvalue weighted by molar-refractivity contribution is 7.98. The van der Waals surface area contributed by atoms with Gasteiger partial charge in [-0.15, -0.1) is 10.2 Å². The molecule has 0 bridgehead atoms. The molecule has 0 saturated carbocycles. The van der Waals surface area contributed by atoms with Gasteiger partial charge >= 0.3 is 5.97 Å². The number of aromatic carboxylic acids is 1. The topological polar surface area (TPSA) is 94.7 Å². The Labute approximate surface area is 154 Å². The SMILES string of the molecule is COc1ccc(OCc2nnc(SCc3cccc(C(=O)O)c3)o2)cc1. The Kier molecular flexibility index (Phi) is 5.75. The zero-order valence-electron chi connectivity index (χ0n) is 13.9. The van der Waals surface area contributed by atoms with Crippen LogP contribution in [0.4, 0.5) is 0 Å². The van der Waals surface area contributed by atoms with Crippen LogP contribution in [0.25, 0.3) is 0 Å². The smallest absolute Gasteiger partial charge is 0.335 e. The summed E-state index contributed by atoms with van der Waals surface area (Å²) in [5, 5.41) is 17.3. The molecule has 0 saturated heterocycles. The Bertz CT molecular complexity index is 879. The van der Waals surface area contributed by atoms with Crippen LogP contribution in [0, 0.1) is 0 Å². The largest absolute Gasteiger partial charge is 0.497 e. The Balaban J connectivity index is 1.52. The predicted molar refractivity (Wildman–Crippen MR) is 94.6 cm³/mol. The third-order valence-electron chi connectivity index (χ3n) is 3.41. The zero-order chi connectivity index (χ0) is 18.4. The molecule has 134 valence electrons. The number of ether oxygens (including phenoxy) is 2. The van der Waals surface area contributed by atoms with Crippen LogP contribution in [0.15, 0.2) is 58.2 Å². The first-order chi connectivity index (χ1) is 12.6. The van der Waals surface area contributed by atoms with Crippen LogP contribution in [0.1, 0.15) is 21.8 Å². The summed E-state index contributed by atoms with van der Waals surface area (Å²) < 4.78 is 16.2. The molecule has 0 unspecified atom stereocenters. The number of thioether (sulfide) groups is 1. The molecule has 0 fully saturated rings. The zero-order valence-corrected chi connectivity index (χ0v) is 14.7. The van der Waals surface area contributed by atoms with E-state index < -0.39 is 5.97 Å². The molecule has 8 heteroatoms. The number of hydrogen-bond acceptors (Lipinski definition) is 7. The monoisotopic (exact) mass is 372 g/mol. The Morgan fingerprint density at radius 2 is 1.92 bits per heavy atom. The first-order valence-electron chi connectivity index (χ1n) is 7.68. The van der Waals surface area contributed by atoms with Gasteiger partial charge in [-0.2, -0.15) is 0 Å². The van der Waals surface area contributed by atoms with Crippen LogP contribution >= 0.6 is 11.8 Å². The number of aromatic nitrogens is 2. The van der Waals surface area contributed by atoms with Gasteiger partial charge in [0, 0.05) is 5.75 Å². The van der Waals surface area contributed by atoms with Crippen LogP contribution in [0.2, 0.25) is 0 Å². The lowest BCUT2D eigenvalue weighted by Crippen LogP contribution is -1.96. The predicted octanol–water partition coefficient (Wildman–Crippen LogP) is 3.65. The Morgan fingerprint density at radius 3 is 2.65 bits per heavy atom. The third-order valence-corrected chi connectivity index (χ3v) is 4.30. The number of nitrogens with zero attached hydrogens (tertiary/aromatic N) is 2. The van der Waals surface area contributed by atoms with Crippen molar-refractivity contribution in [3.63, 3.8) is 0 Å². The molecule has 3 aromatic rings. The molecule has 0 aliphatic heterocycles. The molecular weight excluding hydrogens is 356 g/mol. The molecule has 0 spiro atoms. The van der Waals surface area contributed by atoms with Crippen molar-refractivity contribution < 1.29 is 23.8 Å². The summed E-state index contributed by atoms with van der Waals surface area (Å²) in [6.45, 7) is 0.161. The van der Waals surface area contributed by atoms with Crippen LogP contribution in [-0.2, 0) is 12.4 Å². The van der Waals surface area contributed by atoms with Gasteiger partial charge in [0.05, 0.1) is 12.7 Å². The number of carbonyl (C=O) groups is 1. The van der Waals surface area contributed by atoms with E-state index in [2.05, 4.69) is 10.2 Å². The summed E-state index contributed by atoms with van der Waals surface area (Å²) in [5.74, 6) is 1.36. The molecule has 1 heterocycles. The second-order valence-electron chi connectivity index (χ2n) is 5.22. The van der Waals surface area contributed by atoms with E-state index in [0.717, 1.165) is 11.3 Å². The van der Waals surface area contributed by atoms with Crippen molar-refractivity contribution in [1.82, 2.24) is 10.2 Å². The van der Waals surface area contributed by atoms with Crippen molar-refractivity contribution in [2.75, 3.05) is 7.11 Å². The van der Waals surface area contributed by atoms with E-state index in [-0.39, 0.29) is 12.2 Å². The van der Waals surface area contributed by atoms with Gasteiger partial charge < -0.3 is 19.0 Å². The van der Waals surface area contributed by atoms with Crippen molar-refractivity contribution in [3.8, 4) is 11.5 Å². The van der Waals surface area contributed by atoms with E-state index >= 15 is 0 Å². The highest BCUT2D eigenvalue weighted by Gasteiger charge is 2.09. The second kappa shape index (κ2) is 8.39. The van der Waals surface area contributed by atoms with Crippen LogP contribution in [0.5, 0.6) is 11.5 Å². The molecule has 0 amide bonds. The quantitative estimate of drug-likeness (QED) is 0.599. The van der Waals surface area contributed by atoms with E-state index in [0.29, 0.717) is 22.6 Å². The maximum absolute atomic E-state index is 11.0. The second-order valence-corrected chi connectivity index (χ2v) is 6.15. The normalized spacial score (nSPS) is 10.5. The molecular formula is C18H16N2O5S. The molecule has 1 aromatic heterocycles. The van der Waals surface area contributed by atoms with Gasteiger partial charge in [-0.05, 0) is 42.0 Å². The maximum atomic E-state index is 11.0. The number of carboxylic acid groups (broad SMARTS) is 1. The average molecular weight is 372 g/mol. The molecule has 0 aliphatic carbocycles. The fraction of sp³-hybridized carbons (Fsp3) is 0.167. The van der Waals surface area contributed by atoms with Crippen molar-refractivity contribution >= 4 is 17.7 Å². The lowest BCUT2D eigenvalue weighted by Gasteiger charge is -2.04. The van der Waals surface area contributed by atoms with Gasteiger partial charge in [-0.1, -0.05) is 23.9 Å². The maximum Gasteiger partial charge on any atom is 0.335 e. The van der Waals surface area contributed by atoms with Crippen LogP contribution in [0.3, 0.4) is 0 Å². The standard InChI is InChI=1S/C18H16N2O5S/c1-23-14-5-7-15(8-6-14)24-10-16-19-20-18(25-16)26-11-12-3-2-4-13(9-12)17(21)22/h2-9H,10-11H2,1H3,(H,21,22). The minimum absolute atomic E-state index is 0.161. The first kappa shape index (κ1) is 17.8. The van der Waals surface area contributed by atoms with Crippen molar-refractivity contribution in [2.24, 2.45) is 0 Å². The summed E-state index contributed by atoms with van der Waals surface area (Å²) >= 11 is 1.34. The van der Waals surface area contributed by atoms with E-state index in [1.165, 1.54) is 11.8 Å². The van der Waals surface area contributed by atoms with Gasteiger partial charge in [-0.25, -0.2) is 4.79 Å². The lowest BCUT2D eigenvalue weighted by atomic mass is 10.1. The first-order valence-corrected chi connectivity index (χ1v) is 8.67. The Morgan fingerprint density at radius 1 is 1.15 bits per heavy atom. The molecule has 2 aromatic carbocycles. The number of hydrogen-bond donors (Lipinski definition) is 1. The van der Waals surface area contributed by atoms with Crippen molar-refractivity contribution in [2.45, 2.75) is 17.6 Å². The van der Waals surface area contributed by atoms with Crippen LogP contribution in [-0.4, -0.2) is 28.4 Å². The highest BCUT2D eigenvalue weighted by atomic mass is 32.2. The molecule has 3 rings (SSSR count). The van der Waals surface area contributed by atoms with Gasteiger partial charge in [0.1, 0.15) is 11.5 Å². The van der Waals surface area contributed by atoms with Gasteiger partial charge in [0.25, 0.3) is 11.1 Å². The third kappa shape index (κ3) is 4.76. The average Bonchev–Trinajstić information content (AvgIpc) is 3.13. The number of rotatable bonds is 8. The molecule has 0 atom stereocenters. The summed E-state index contributed by atoms with van der Waals surface area (Å²) in [5.41, 5.74) is 1.12. The number of carboxylic acids is 1. The summed E-state index contributed by atoms with van der Waals surface area (Å²) in [6.07, 6.45) is 0. The minimum atomic E-state index is -0.951. The molecule has 0 aliphatic rings. The highest BCUT2D eigenvalue weighted by Crippen LogP contribution is 2.23. The minimum Gasteiger partial charge on any atom is -0.497 e. The van der Waals surface area contributed by atoms with E-state index in [9.17, 15) is 4.79 Å². The lowest BCUT2D eigenvalue weighted by molar-refractivity contribution is 0.0696. The summed E-state index contributed by atoms with van der Waals surface area (Å²) in [6, 6.07) is 13.9. The van der Waals surface area contributed by atoms with E-state index in [4.69, 9.17) is 19.0 Å². The van der Waals surface area contributed by atoms with E-state index in [1.54, 1.807) is 49.6 Å². The number of benzene rings is 2. The van der Waals surface area contributed by atoms with Gasteiger partial charge in [-0.3, -0.25) is 0 Å². The summed E-state index contributed by atoms with van der Waals surface area (Å²) in [4.78, 5) is 11.0. The van der Waals surface area contributed by atoms with Crippen molar-refractivity contribution in [1.29, 1.82) is 0 Å². The fourth-order valence-corrected chi connectivity index (χ4v) is 2.83. The molecule has 1 N–H and O–H groups in total. The summed E-state index contributed by atoms with van der Waals surface area (Å²) in [7, 11) is 1.60. The Hall–Kier alpha value is -3.00. The number of methoxy groups -OCH3 is 1. The molecule has 26 heavy (non-hydrogen) atoms.